The zero-order valence-corrected chi connectivity index (χ0v) is 14.8. The molecule has 1 aromatic carbocycles. The SMILES string of the molecule is Cc1ccc(CN(C)C(=O)Nc2ccc(OCC(N)=O)cc2C)s1. The molecule has 0 spiro atoms. The van der Waals surface area contributed by atoms with Crippen molar-refractivity contribution in [3.63, 3.8) is 0 Å². The average Bonchev–Trinajstić information content (AvgIpc) is 2.92. The van der Waals surface area contributed by atoms with E-state index in [1.54, 1.807) is 41.5 Å². The molecule has 0 fully saturated rings. The highest BCUT2D eigenvalue weighted by Crippen LogP contribution is 2.22. The van der Waals surface area contributed by atoms with Crippen molar-refractivity contribution in [2.45, 2.75) is 20.4 Å². The Kier molecular flexibility index (Phi) is 5.81. The molecule has 3 N–H and O–H groups in total. The number of aryl methyl sites for hydroxylation is 2. The summed E-state index contributed by atoms with van der Waals surface area (Å²) in [6, 6.07) is 9.07. The molecule has 0 radical (unpaired) electrons. The third-order valence-corrected chi connectivity index (χ3v) is 4.34. The predicted molar refractivity (Wildman–Crippen MR) is 95.4 cm³/mol. The Morgan fingerprint density at radius 1 is 1.25 bits per heavy atom. The van der Waals surface area contributed by atoms with Gasteiger partial charge in [-0.15, -0.1) is 11.3 Å². The lowest BCUT2D eigenvalue weighted by Crippen LogP contribution is -2.30. The number of benzene rings is 1. The third kappa shape index (κ3) is 4.99. The summed E-state index contributed by atoms with van der Waals surface area (Å²) in [5.74, 6) is 0.00202. The van der Waals surface area contributed by atoms with Gasteiger partial charge in [-0.2, -0.15) is 0 Å². The van der Waals surface area contributed by atoms with Crippen LogP contribution in [0.1, 0.15) is 15.3 Å². The number of urea groups is 1. The highest BCUT2D eigenvalue weighted by molar-refractivity contribution is 7.11. The monoisotopic (exact) mass is 347 g/mol. The first-order chi connectivity index (χ1) is 11.3. The van der Waals surface area contributed by atoms with Crippen LogP contribution in [0, 0.1) is 13.8 Å². The van der Waals surface area contributed by atoms with Gasteiger partial charge in [0.15, 0.2) is 6.61 Å². The molecule has 2 rings (SSSR count). The molecule has 3 amide bonds. The van der Waals surface area contributed by atoms with Crippen molar-refractivity contribution in [3.8, 4) is 5.75 Å². The fourth-order valence-corrected chi connectivity index (χ4v) is 3.05. The van der Waals surface area contributed by atoms with E-state index in [9.17, 15) is 9.59 Å². The summed E-state index contributed by atoms with van der Waals surface area (Å²) >= 11 is 1.68. The van der Waals surface area contributed by atoms with Crippen LogP contribution >= 0.6 is 11.3 Å². The Hall–Kier alpha value is -2.54. The fraction of sp³-hybridized carbons (Fsp3) is 0.294. The van der Waals surface area contributed by atoms with E-state index in [-0.39, 0.29) is 12.6 Å². The Bertz CT molecular complexity index is 742. The lowest BCUT2D eigenvalue weighted by molar-refractivity contribution is -0.119. The normalized spacial score (nSPS) is 10.3. The molecule has 0 atom stereocenters. The van der Waals surface area contributed by atoms with E-state index in [1.807, 2.05) is 26.0 Å². The number of carbonyl (C=O) groups is 2. The van der Waals surface area contributed by atoms with E-state index in [0.29, 0.717) is 18.0 Å². The number of hydrogen-bond donors (Lipinski definition) is 2. The van der Waals surface area contributed by atoms with Crippen molar-refractivity contribution in [2.24, 2.45) is 5.73 Å². The Labute approximate surface area is 145 Å². The minimum absolute atomic E-state index is 0.173. The van der Waals surface area contributed by atoms with E-state index in [1.165, 1.54) is 4.88 Å². The van der Waals surface area contributed by atoms with E-state index < -0.39 is 5.91 Å². The minimum Gasteiger partial charge on any atom is -0.484 e. The Balaban J connectivity index is 1.96. The zero-order valence-electron chi connectivity index (χ0n) is 14.0. The summed E-state index contributed by atoms with van der Waals surface area (Å²) in [6.45, 7) is 4.28. The summed E-state index contributed by atoms with van der Waals surface area (Å²) in [4.78, 5) is 27.0. The molecule has 0 aliphatic rings. The Morgan fingerprint density at radius 3 is 2.58 bits per heavy atom. The molecule has 0 aliphatic heterocycles. The molecule has 6 nitrogen and oxygen atoms in total. The van der Waals surface area contributed by atoms with Crippen molar-refractivity contribution in [1.82, 2.24) is 4.90 Å². The quantitative estimate of drug-likeness (QED) is 0.842. The molecule has 7 heteroatoms. The number of amides is 3. The van der Waals surface area contributed by atoms with E-state index in [2.05, 4.69) is 5.32 Å². The highest BCUT2D eigenvalue weighted by atomic mass is 32.1. The molecule has 0 unspecified atom stereocenters. The van der Waals surface area contributed by atoms with Crippen LogP contribution in [-0.4, -0.2) is 30.5 Å². The number of carbonyl (C=O) groups excluding carboxylic acids is 2. The van der Waals surface area contributed by atoms with Crippen LogP contribution in [0.25, 0.3) is 0 Å². The van der Waals surface area contributed by atoms with Crippen molar-refractivity contribution >= 4 is 29.0 Å². The van der Waals surface area contributed by atoms with E-state index >= 15 is 0 Å². The van der Waals surface area contributed by atoms with Crippen molar-refractivity contribution in [2.75, 3.05) is 19.0 Å². The summed E-state index contributed by atoms with van der Waals surface area (Å²) in [5.41, 5.74) is 6.58. The maximum atomic E-state index is 12.3. The first-order valence-electron chi connectivity index (χ1n) is 7.44. The fourth-order valence-electron chi connectivity index (χ4n) is 2.11. The molecule has 1 aromatic heterocycles. The largest absolute Gasteiger partial charge is 0.484 e. The van der Waals surface area contributed by atoms with Crippen LogP contribution in [-0.2, 0) is 11.3 Å². The molecule has 0 aliphatic carbocycles. The number of nitrogens with one attached hydrogen (secondary N) is 1. The minimum atomic E-state index is -0.532. The summed E-state index contributed by atoms with van der Waals surface area (Å²) in [7, 11) is 1.75. The zero-order chi connectivity index (χ0) is 17.7. The van der Waals surface area contributed by atoms with E-state index in [0.717, 1.165) is 10.4 Å². The van der Waals surface area contributed by atoms with Gasteiger partial charge in [-0.25, -0.2) is 4.79 Å². The number of nitrogens with zero attached hydrogens (tertiary/aromatic N) is 1. The third-order valence-electron chi connectivity index (χ3n) is 3.36. The van der Waals surface area contributed by atoms with Crippen molar-refractivity contribution < 1.29 is 14.3 Å². The molecule has 24 heavy (non-hydrogen) atoms. The van der Waals surface area contributed by atoms with Gasteiger partial charge in [0, 0.05) is 22.5 Å². The first kappa shape index (κ1) is 17.8. The summed E-state index contributed by atoms with van der Waals surface area (Å²) in [6.07, 6.45) is 0. The molecule has 0 saturated carbocycles. The van der Waals surface area contributed by atoms with Gasteiger partial charge in [0.05, 0.1) is 6.54 Å². The maximum absolute atomic E-state index is 12.3. The molecular formula is C17H21N3O3S. The number of rotatable bonds is 6. The predicted octanol–water partition coefficient (Wildman–Crippen LogP) is 2.89. The van der Waals surface area contributed by atoms with Gasteiger partial charge in [0.1, 0.15) is 5.75 Å². The first-order valence-corrected chi connectivity index (χ1v) is 8.26. The second kappa shape index (κ2) is 7.83. The van der Waals surface area contributed by atoms with Crippen LogP contribution in [0.5, 0.6) is 5.75 Å². The van der Waals surface area contributed by atoms with Gasteiger partial charge in [0.2, 0.25) is 0 Å². The van der Waals surface area contributed by atoms with Crippen molar-refractivity contribution in [1.29, 1.82) is 0 Å². The van der Waals surface area contributed by atoms with Crippen LogP contribution < -0.4 is 15.8 Å². The van der Waals surface area contributed by atoms with Crippen LogP contribution in [0.2, 0.25) is 0 Å². The number of anilines is 1. The molecule has 128 valence electrons. The van der Waals surface area contributed by atoms with Gasteiger partial charge in [-0.1, -0.05) is 0 Å². The second-order valence-electron chi connectivity index (χ2n) is 5.53. The Morgan fingerprint density at radius 2 is 2.00 bits per heavy atom. The summed E-state index contributed by atoms with van der Waals surface area (Å²) < 4.78 is 5.24. The average molecular weight is 347 g/mol. The second-order valence-corrected chi connectivity index (χ2v) is 6.90. The highest BCUT2D eigenvalue weighted by Gasteiger charge is 2.12. The molecule has 0 saturated heterocycles. The number of hydrogen-bond acceptors (Lipinski definition) is 4. The lowest BCUT2D eigenvalue weighted by atomic mass is 10.2. The van der Waals surface area contributed by atoms with Gasteiger partial charge in [0.25, 0.3) is 5.91 Å². The summed E-state index contributed by atoms with van der Waals surface area (Å²) in [5, 5.41) is 2.87. The van der Waals surface area contributed by atoms with Gasteiger partial charge >= 0.3 is 6.03 Å². The van der Waals surface area contributed by atoms with Crippen LogP contribution in [0.15, 0.2) is 30.3 Å². The standard InChI is InChI=1S/C17H21N3O3S/c1-11-8-13(23-10-16(18)21)5-7-15(11)19-17(22)20(3)9-14-6-4-12(2)24-14/h4-8H,9-10H2,1-3H3,(H2,18,21)(H,19,22). The topological polar surface area (TPSA) is 84.7 Å². The van der Waals surface area contributed by atoms with E-state index in [4.69, 9.17) is 10.5 Å². The lowest BCUT2D eigenvalue weighted by Gasteiger charge is -2.18. The van der Waals surface area contributed by atoms with Crippen LogP contribution in [0.3, 0.4) is 0 Å². The molecule has 2 aromatic rings. The van der Waals surface area contributed by atoms with Crippen molar-refractivity contribution in [3.05, 3.63) is 45.6 Å². The smallest absolute Gasteiger partial charge is 0.321 e. The van der Waals surface area contributed by atoms with Gasteiger partial charge < -0.3 is 20.7 Å². The number of thiophene rings is 1. The number of nitrogens with two attached hydrogens (primary N) is 1. The van der Waals surface area contributed by atoms with Crippen LogP contribution in [0.4, 0.5) is 10.5 Å². The molecule has 0 bridgehead atoms. The number of ether oxygens (including phenoxy) is 1. The maximum Gasteiger partial charge on any atom is 0.321 e. The van der Waals surface area contributed by atoms with Gasteiger partial charge in [-0.05, 0) is 49.7 Å². The molecular weight excluding hydrogens is 326 g/mol. The number of primary amides is 1. The molecule has 1 heterocycles. The van der Waals surface area contributed by atoms with Gasteiger partial charge in [-0.3, -0.25) is 4.79 Å².